The molecule has 0 aromatic rings. The van der Waals surface area contributed by atoms with Crippen LogP contribution in [0, 0.1) is 0 Å². The monoisotopic (exact) mass is 324 g/mol. The predicted octanol–water partition coefficient (Wildman–Crippen LogP) is 1.37. The van der Waals surface area contributed by atoms with Crippen LogP contribution in [-0.2, 0) is 0 Å². The Labute approximate surface area is 129 Å². The SMILES string of the molecule is O=C(NCCCl)N[C@@H]1CCCC[C@H]1NC(=O)NCCCl. The molecule has 6 nitrogen and oxygen atoms in total. The van der Waals surface area contributed by atoms with Gasteiger partial charge in [0.15, 0.2) is 0 Å². The van der Waals surface area contributed by atoms with E-state index in [9.17, 15) is 9.59 Å². The van der Waals surface area contributed by atoms with Crippen LogP contribution in [0.15, 0.2) is 0 Å². The summed E-state index contributed by atoms with van der Waals surface area (Å²) < 4.78 is 0. The summed E-state index contributed by atoms with van der Waals surface area (Å²) in [7, 11) is 0. The van der Waals surface area contributed by atoms with Crippen LogP contribution in [0.3, 0.4) is 0 Å². The van der Waals surface area contributed by atoms with Crippen molar-refractivity contribution in [1.29, 1.82) is 0 Å². The zero-order valence-electron chi connectivity index (χ0n) is 11.4. The maximum Gasteiger partial charge on any atom is 0.315 e. The first-order chi connectivity index (χ1) is 9.67. The summed E-state index contributed by atoms with van der Waals surface area (Å²) in [6.07, 6.45) is 3.80. The molecule has 1 saturated carbocycles. The summed E-state index contributed by atoms with van der Waals surface area (Å²) in [6, 6.07) is -0.599. The van der Waals surface area contributed by atoms with Gasteiger partial charge in [-0.15, -0.1) is 23.2 Å². The molecule has 0 bridgehead atoms. The van der Waals surface area contributed by atoms with E-state index in [1.165, 1.54) is 0 Å². The van der Waals surface area contributed by atoms with Crippen LogP contribution in [0.4, 0.5) is 9.59 Å². The van der Waals surface area contributed by atoms with Gasteiger partial charge in [0.1, 0.15) is 0 Å². The van der Waals surface area contributed by atoms with Gasteiger partial charge >= 0.3 is 12.1 Å². The Morgan fingerprint density at radius 2 is 1.25 bits per heavy atom. The van der Waals surface area contributed by atoms with E-state index in [1.54, 1.807) is 0 Å². The van der Waals surface area contributed by atoms with Crippen molar-refractivity contribution >= 4 is 35.3 Å². The molecule has 20 heavy (non-hydrogen) atoms. The molecule has 0 spiro atoms. The van der Waals surface area contributed by atoms with Crippen LogP contribution < -0.4 is 21.3 Å². The molecule has 4 amide bonds. The molecular formula is C12H22Cl2N4O2. The van der Waals surface area contributed by atoms with Crippen LogP contribution in [0.5, 0.6) is 0 Å². The standard InChI is InChI=1S/C12H22Cl2N4O2/c13-5-7-15-11(19)17-9-3-1-2-4-10(9)18-12(20)16-8-6-14/h9-10H,1-8H2,(H2,15,17,19)(H2,16,18,20)/t9-,10-/m1/s1. The van der Waals surface area contributed by atoms with Crippen molar-refractivity contribution in [2.24, 2.45) is 0 Å². The van der Waals surface area contributed by atoms with E-state index in [-0.39, 0.29) is 24.1 Å². The number of nitrogens with one attached hydrogen (secondary N) is 4. The average Bonchev–Trinajstić information content (AvgIpc) is 2.45. The van der Waals surface area contributed by atoms with E-state index in [4.69, 9.17) is 23.2 Å². The summed E-state index contributed by atoms with van der Waals surface area (Å²) in [5, 5.41) is 11.1. The van der Waals surface area contributed by atoms with Crippen molar-refractivity contribution in [1.82, 2.24) is 21.3 Å². The van der Waals surface area contributed by atoms with Gasteiger partial charge in [-0.25, -0.2) is 9.59 Å². The van der Waals surface area contributed by atoms with Crippen LogP contribution in [0.2, 0.25) is 0 Å². The first-order valence-electron chi connectivity index (χ1n) is 6.88. The largest absolute Gasteiger partial charge is 0.337 e. The Bertz CT molecular complexity index is 288. The third kappa shape index (κ3) is 6.52. The Morgan fingerprint density at radius 3 is 1.60 bits per heavy atom. The molecule has 0 saturated heterocycles. The van der Waals surface area contributed by atoms with Gasteiger partial charge in [0, 0.05) is 24.8 Å². The van der Waals surface area contributed by atoms with Gasteiger partial charge in [-0.3, -0.25) is 0 Å². The number of halogens is 2. The quantitative estimate of drug-likeness (QED) is 0.556. The van der Waals surface area contributed by atoms with Crippen LogP contribution in [0.25, 0.3) is 0 Å². The molecule has 1 fully saturated rings. The lowest BCUT2D eigenvalue weighted by Crippen LogP contribution is -2.56. The summed E-state index contributed by atoms with van der Waals surface area (Å²) in [6.45, 7) is 0.850. The van der Waals surface area contributed by atoms with Crippen LogP contribution in [0.1, 0.15) is 25.7 Å². The van der Waals surface area contributed by atoms with Gasteiger partial charge in [0.2, 0.25) is 0 Å². The number of hydrogen-bond donors (Lipinski definition) is 4. The second-order valence-electron chi connectivity index (χ2n) is 4.68. The highest BCUT2D eigenvalue weighted by molar-refractivity contribution is 6.18. The predicted molar refractivity (Wildman–Crippen MR) is 80.6 cm³/mol. The topological polar surface area (TPSA) is 82.3 Å². The Balaban J connectivity index is 2.41. The molecule has 0 aromatic heterocycles. The highest BCUT2D eigenvalue weighted by Gasteiger charge is 2.27. The minimum Gasteiger partial charge on any atom is -0.337 e. The first-order valence-corrected chi connectivity index (χ1v) is 7.95. The maximum absolute atomic E-state index is 11.6. The minimum atomic E-state index is -0.245. The molecule has 116 valence electrons. The molecule has 1 aliphatic carbocycles. The van der Waals surface area contributed by atoms with Crippen LogP contribution in [-0.4, -0.2) is 49.0 Å². The molecule has 0 aromatic carbocycles. The van der Waals surface area contributed by atoms with E-state index in [0.29, 0.717) is 24.8 Å². The van der Waals surface area contributed by atoms with Gasteiger partial charge in [-0.1, -0.05) is 12.8 Å². The molecule has 0 aliphatic heterocycles. The third-order valence-electron chi connectivity index (χ3n) is 3.16. The Hall–Kier alpha value is -0.880. The van der Waals surface area contributed by atoms with Gasteiger partial charge < -0.3 is 21.3 Å². The maximum atomic E-state index is 11.6. The molecule has 2 atom stereocenters. The zero-order valence-corrected chi connectivity index (χ0v) is 12.9. The molecule has 1 aliphatic rings. The second-order valence-corrected chi connectivity index (χ2v) is 5.43. The number of urea groups is 2. The number of rotatable bonds is 6. The van der Waals surface area contributed by atoms with E-state index >= 15 is 0 Å². The lowest BCUT2D eigenvalue weighted by Gasteiger charge is -2.32. The van der Waals surface area contributed by atoms with Crippen molar-refractivity contribution < 1.29 is 9.59 Å². The number of carbonyl (C=O) groups is 2. The minimum absolute atomic E-state index is 0.0548. The summed E-state index contributed by atoms with van der Waals surface area (Å²) >= 11 is 11.0. The lowest BCUT2D eigenvalue weighted by atomic mass is 9.90. The van der Waals surface area contributed by atoms with Crippen molar-refractivity contribution in [2.45, 2.75) is 37.8 Å². The zero-order chi connectivity index (χ0) is 14.8. The fourth-order valence-electron chi connectivity index (χ4n) is 2.24. The molecule has 0 radical (unpaired) electrons. The van der Waals surface area contributed by atoms with E-state index in [2.05, 4.69) is 21.3 Å². The second kappa shape index (κ2) is 9.94. The summed E-state index contributed by atoms with van der Waals surface area (Å²) in [5.41, 5.74) is 0. The Kier molecular flexibility index (Phi) is 8.53. The molecule has 8 heteroatoms. The van der Waals surface area contributed by atoms with Gasteiger partial charge in [0.05, 0.1) is 12.1 Å². The lowest BCUT2D eigenvalue weighted by molar-refractivity contribution is 0.214. The fraction of sp³-hybridized carbons (Fsp3) is 0.833. The summed E-state index contributed by atoms with van der Waals surface area (Å²) in [4.78, 5) is 23.3. The normalized spacial score (nSPS) is 21.9. The molecular weight excluding hydrogens is 303 g/mol. The highest BCUT2D eigenvalue weighted by Crippen LogP contribution is 2.18. The molecule has 4 N–H and O–H groups in total. The highest BCUT2D eigenvalue weighted by atomic mass is 35.5. The van der Waals surface area contributed by atoms with E-state index in [0.717, 1.165) is 25.7 Å². The molecule has 0 unspecified atom stereocenters. The van der Waals surface area contributed by atoms with Crippen LogP contribution >= 0.6 is 23.2 Å². The smallest absolute Gasteiger partial charge is 0.315 e. The number of hydrogen-bond acceptors (Lipinski definition) is 2. The van der Waals surface area contributed by atoms with Crippen molar-refractivity contribution in [3.63, 3.8) is 0 Å². The summed E-state index contributed by atoms with van der Waals surface area (Å²) in [5.74, 6) is 0.751. The van der Waals surface area contributed by atoms with Crippen molar-refractivity contribution in [2.75, 3.05) is 24.8 Å². The Morgan fingerprint density at radius 1 is 0.850 bits per heavy atom. The van der Waals surface area contributed by atoms with Gasteiger partial charge in [0.25, 0.3) is 0 Å². The first kappa shape index (κ1) is 17.2. The van der Waals surface area contributed by atoms with E-state index in [1.807, 2.05) is 0 Å². The fourth-order valence-corrected chi connectivity index (χ4v) is 2.43. The number of amides is 4. The van der Waals surface area contributed by atoms with Crippen molar-refractivity contribution in [3.05, 3.63) is 0 Å². The van der Waals surface area contributed by atoms with E-state index < -0.39 is 0 Å². The number of alkyl halides is 2. The number of carbonyl (C=O) groups excluding carboxylic acids is 2. The van der Waals surface area contributed by atoms with Gasteiger partial charge in [-0.05, 0) is 12.8 Å². The molecule has 1 rings (SSSR count). The van der Waals surface area contributed by atoms with Gasteiger partial charge in [-0.2, -0.15) is 0 Å². The van der Waals surface area contributed by atoms with Crippen molar-refractivity contribution in [3.8, 4) is 0 Å². The average molecular weight is 325 g/mol. The molecule has 0 heterocycles. The third-order valence-corrected chi connectivity index (χ3v) is 3.54.